The smallest absolute Gasteiger partial charge is 0.249 e. The molecule has 1 atom stereocenters. The van der Waals surface area contributed by atoms with Crippen LogP contribution in [0.1, 0.15) is 32.3 Å². The van der Waals surface area contributed by atoms with Gasteiger partial charge in [0.2, 0.25) is 17.8 Å². The zero-order chi connectivity index (χ0) is 21.5. The highest BCUT2D eigenvalue weighted by molar-refractivity contribution is 5.97. The van der Waals surface area contributed by atoms with Crippen LogP contribution in [0.25, 0.3) is 11.0 Å². The highest BCUT2D eigenvalue weighted by Gasteiger charge is 2.23. The van der Waals surface area contributed by atoms with Gasteiger partial charge in [-0.05, 0) is 48.6 Å². The lowest BCUT2D eigenvalue weighted by atomic mass is 10.0. The van der Waals surface area contributed by atoms with Gasteiger partial charge in [-0.15, -0.1) is 0 Å². The van der Waals surface area contributed by atoms with E-state index in [9.17, 15) is 9.59 Å². The summed E-state index contributed by atoms with van der Waals surface area (Å²) < 4.78 is 5.15. The highest BCUT2D eigenvalue weighted by atomic mass is 16.5. The maximum atomic E-state index is 12.8. The summed E-state index contributed by atoms with van der Waals surface area (Å²) in [6.07, 6.45) is 1.44. The summed E-state index contributed by atoms with van der Waals surface area (Å²) in [4.78, 5) is 32.7. The number of ether oxygens (including phenoxy) is 1. The monoisotopic (exact) mass is 408 g/mol. The molecule has 30 heavy (non-hydrogen) atoms. The fraction of sp³-hybridized carbons (Fsp3) is 0.348. The summed E-state index contributed by atoms with van der Waals surface area (Å²) in [5.74, 6) is 0.972. The first-order valence-electron chi connectivity index (χ1n) is 10.1. The lowest BCUT2D eigenvalue weighted by Gasteiger charge is -2.19. The summed E-state index contributed by atoms with van der Waals surface area (Å²) in [5, 5.41) is 5.67. The first-order valence-corrected chi connectivity index (χ1v) is 10.1. The van der Waals surface area contributed by atoms with Gasteiger partial charge in [0.05, 0.1) is 18.1 Å². The molecule has 158 valence electrons. The van der Waals surface area contributed by atoms with Crippen LogP contribution in [0.15, 0.2) is 48.5 Å². The van der Waals surface area contributed by atoms with E-state index in [1.165, 1.54) is 0 Å². The van der Waals surface area contributed by atoms with Gasteiger partial charge in [-0.3, -0.25) is 14.9 Å². The van der Waals surface area contributed by atoms with Crippen LogP contribution in [0.3, 0.4) is 0 Å². The molecule has 2 aromatic carbocycles. The van der Waals surface area contributed by atoms with E-state index < -0.39 is 6.04 Å². The Morgan fingerprint density at radius 1 is 1.10 bits per heavy atom. The molecule has 1 heterocycles. The summed E-state index contributed by atoms with van der Waals surface area (Å²) in [7, 11) is 1.62. The standard InChI is InChI=1S/C23H28N4O3/c1-15(2)14-20(22(29)27-23-25-18-6-4-5-7-19(18)26-23)24-21(28)13-10-16-8-11-17(30-3)12-9-16/h4-9,11-12,15,20H,10,13-14H2,1-3H3,(H,24,28)(H2,25,26,27,29)/t20-/m0/s1. The number of hydrogen-bond acceptors (Lipinski definition) is 4. The van der Waals surface area contributed by atoms with Crippen molar-refractivity contribution in [3.05, 3.63) is 54.1 Å². The summed E-state index contributed by atoms with van der Waals surface area (Å²) >= 11 is 0. The van der Waals surface area contributed by atoms with Gasteiger partial charge in [0, 0.05) is 6.42 Å². The third-order valence-corrected chi connectivity index (χ3v) is 4.79. The molecule has 0 unspecified atom stereocenters. The van der Waals surface area contributed by atoms with Crippen molar-refractivity contribution in [2.24, 2.45) is 5.92 Å². The summed E-state index contributed by atoms with van der Waals surface area (Å²) in [6, 6.07) is 14.5. The number of aromatic nitrogens is 2. The van der Waals surface area contributed by atoms with Crippen molar-refractivity contribution in [2.75, 3.05) is 12.4 Å². The maximum Gasteiger partial charge on any atom is 0.249 e. The minimum absolute atomic E-state index is 0.156. The molecule has 0 aliphatic heterocycles. The Hall–Kier alpha value is -3.35. The second-order valence-electron chi connectivity index (χ2n) is 7.69. The van der Waals surface area contributed by atoms with Crippen molar-refractivity contribution < 1.29 is 14.3 Å². The Morgan fingerprint density at radius 2 is 1.83 bits per heavy atom. The maximum absolute atomic E-state index is 12.8. The van der Waals surface area contributed by atoms with E-state index in [0.717, 1.165) is 22.3 Å². The van der Waals surface area contributed by atoms with E-state index in [2.05, 4.69) is 20.6 Å². The van der Waals surface area contributed by atoms with Gasteiger partial charge in [0.15, 0.2) is 0 Å². The number of H-pyrrole nitrogens is 1. The fourth-order valence-electron chi connectivity index (χ4n) is 3.24. The molecule has 0 bridgehead atoms. The number of aromatic amines is 1. The molecular weight excluding hydrogens is 380 g/mol. The number of carbonyl (C=O) groups is 2. The first kappa shape index (κ1) is 21.4. The van der Waals surface area contributed by atoms with Gasteiger partial charge in [-0.25, -0.2) is 4.98 Å². The van der Waals surface area contributed by atoms with Crippen LogP contribution in [0.4, 0.5) is 5.95 Å². The number of anilines is 1. The van der Waals surface area contributed by atoms with E-state index in [-0.39, 0.29) is 17.7 Å². The molecule has 3 N–H and O–H groups in total. The van der Waals surface area contributed by atoms with Crippen LogP contribution in [0.5, 0.6) is 5.75 Å². The van der Waals surface area contributed by atoms with Crippen LogP contribution in [0.2, 0.25) is 0 Å². The number of para-hydroxylation sites is 2. The van der Waals surface area contributed by atoms with Crippen LogP contribution in [-0.4, -0.2) is 34.9 Å². The van der Waals surface area contributed by atoms with E-state index in [0.29, 0.717) is 25.2 Å². The molecule has 3 aromatic rings. The van der Waals surface area contributed by atoms with Crippen LogP contribution in [-0.2, 0) is 16.0 Å². The van der Waals surface area contributed by atoms with Gasteiger partial charge in [-0.1, -0.05) is 38.1 Å². The number of fused-ring (bicyclic) bond motifs is 1. The molecule has 0 saturated heterocycles. The summed E-state index contributed by atoms with van der Waals surface area (Å²) in [6.45, 7) is 4.04. The van der Waals surface area contributed by atoms with Crippen LogP contribution in [0, 0.1) is 5.92 Å². The minimum atomic E-state index is -0.624. The molecule has 7 heteroatoms. The molecule has 7 nitrogen and oxygen atoms in total. The quantitative estimate of drug-likeness (QED) is 0.503. The molecule has 0 spiro atoms. The average Bonchev–Trinajstić information content (AvgIpc) is 3.14. The number of methoxy groups -OCH3 is 1. The van der Waals surface area contributed by atoms with E-state index in [4.69, 9.17) is 4.74 Å². The molecule has 2 amide bonds. The largest absolute Gasteiger partial charge is 0.497 e. The van der Waals surface area contributed by atoms with Gasteiger partial charge in [-0.2, -0.15) is 0 Å². The van der Waals surface area contributed by atoms with Crippen molar-refractivity contribution in [3.8, 4) is 5.75 Å². The first-order chi connectivity index (χ1) is 14.4. The molecule has 0 fully saturated rings. The molecule has 0 aliphatic rings. The van der Waals surface area contributed by atoms with Crippen LogP contribution < -0.4 is 15.4 Å². The van der Waals surface area contributed by atoms with Gasteiger partial charge in [0.25, 0.3) is 0 Å². The lowest BCUT2D eigenvalue weighted by molar-refractivity contribution is -0.126. The second-order valence-corrected chi connectivity index (χ2v) is 7.69. The zero-order valence-corrected chi connectivity index (χ0v) is 17.6. The molecule has 0 aliphatic carbocycles. The van der Waals surface area contributed by atoms with E-state index in [1.807, 2.05) is 62.4 Å². The SMILES string of the molecule is COc1ccc(CCC(=O)N[C@@H](CC(C)C)C(=O)Nc2nc3ccccc3[nH]2)cc1. The molecule has 0 radical (unpaired) electrons. The molecule has 1 aromatic heterocycles. The third-order valence-electron chi connectivity index (χ3n) is 4.79. The van der Waals surface area contributed by atoms with E-state index >= 15 is 0 Å². The summed E-state index contributed by atoms with van der Waals surface area (Å²) in [5.41, 5.74) is 2.66. The van der Waals surface area contributed by atoms with Crippen molar-refractivity contribution in [1.29, 1.82) is 0 Å². The number of imidazole rings is 1. The number of amides is 2. The predicted octanol–water partition coefficient (Wildman–Crippen LogP) is 3.67. The Kier molecular flexibility index (Phi) is 7.06. The lowest BCUT2D eigenvalue weighted by Crippen LogP contribution is -2.44. The Morgan fingerprint density at radius 3 is 2.50 bits per heavy atom. The topological polar surface area (TPSA) is 96.1 Å². The number of benzene rings is 2. The number of nitrogens with one attached hydrogen (secondary N) is 3. The predicted molar refractivity (Wildman–Crippen MR) is 117 cm³/mol. The average molecular weight is 409 g/mol. The Labute approximate surface area is 176 Å². The molecule has 0 saturated carbocycles. The fourth-order valence-corrected chi connectivity index (χ4v) is 3.24. The normalized spacial score (nSPS) is 12.0. The number of nitrogens with zero attached hydrogens (tertiary/aromatic N) is 1. The van der Waals surface area contributed by atoms with Crippen molar-refractivity contribution in [3.63, 3.8) is 0 Å². The molecular formula is C23H28N4O3. The number of aryl methyl sites for hydroxylation is 1. The molecule has 3 rings (SSSR count). The van der Waals surface area contributed by atoms with Crippen molar-refractivity contribution >= 4 is 28.8 Å². The van der Waals surface area contributed by atoms with Crippen molar-refractivity contribution in [1.82, 2.24) is 15.3 Å². The van der Waals surface area contributed by atoms with E-state index in [1.54, 1.807) is 7.11 Å². The minimum Gasteiger partial charge on any atom is -0.497 e. The van der Waals surface area contributed by atoms with Gasteiger partial charge in [0.1, 0.15) is 11.8 Å². The van der Waals surface area contributed by atoms with Gasteiger partial charge >= 0.3 is 0 Å². The Balaban J connectivity index is 1.59. The van der Waals surface area contributed by atoms with Crippen molar-refractivity contribution in [2.45, 2.75) is 39.2 Å². The number of hydrogen-bond donors (Lipinski definition) is 3. The number of rotatable bonds is 9. The van der Waals surface area contributed by atoms with Gasteiger partial charge < -0.3 is 15.0 Å². The number of carbonyl (C=O) groups excluding carboxylic acids is 2. The second kappa shape index (κ2) is 9.91. The third kappa shape index (κ3) is 5.83. The zero-order valence-electron chi connectivity index (χ0n) is 17.6. The highest BCUT2D eigenvalue weighted by Crippen LogP contribution is 2.15. The Bertz CT molecular complexity index is 962. The van der Waals surface area contributed by atoms with Crippen LogP contribution >= 0.6 is 0 Å².